The van der Waals surface area contributed by atoms with Gasteiger partial charge in [0.2, 0.25) is 5.91 Å². The van der Waals surface area contributed by atoms with Crippen LogP contribution in [-0.4, -0.2) is 13.0 Å². The van der Waals surface area contributed by atoms with E-state index in [0.29, 0.717) is 0 Å². The number of carbonyl (C=O) groups is 1. The third-order valence-corrected chi connectivity index (χ3v) is 2.27. The minimum Gasteiger partial charge on any atom is -0.359 e. The summed E-state index contributed by atoms with van der Waals surface area (Å²) in [6.45, 7) is 9.95. The SMILES string of the molecule is C=CCCC(C(=O)NC)C(C)(C)C. The molecule has 0 aromatic rings. The number of carbonyl (C=O) groups excluding carboxylic acids is 1. The number of allylic oxidation sites excluding steroid dienone is 1. The summed E-state index contributed by atoms with van der Waals surface area (Å²) >= 11 is 0. The topological polar surface area (TPSA) is 29.1 Å². The monoisotopic (exact) mass is 183 g/mol. The maximum absolute atomic E-state index is 11.5. The molecule has 0 bridgehead atoms. The van der Waals surface area contributed by atoms with Crippen LogP contribution in [0, 0.1) is 11.3 Å². The predicted octanol–water partition coefficient (Wildman–Crippen LogP) is 2.36. The number of hydrogen-bond donors (Lipinski definition) is 1. The minimum absolute atomic E-state index is 0.0309. The Labute approximate surface area is 81.4 Å². The third kappa shape index (κ3) is 4.11. The number of hydrogen-bond acceptors (Lipinski definition) is 1. The largest absolute Gasteiger partial charge is 0.359 e. The van der Waals surface area contributed by atoms with Crippen molar-refractivity contribution in [1.29, 1.82) is 0 Å². The lowest BCUT2D eigenvalue weighted by molar-refractivity contribution is -0.127. The lowest BCUT2D eigenvalue weighted by Gasteiger charge is -2.28. The van der Waals surface area contributed by atoms with Gasteiger partial charge in [0.1, 0.15) is 0 Å². The zero-order chi connectivity index (χ0) is 10.5. The van der Waals surface area contributed by atoms with Gasteiger partial charge in [-0.15, -0.1) is 6.58 Å². The highest BCUT2D eigenvalue weighted by molar-refractivity contribution is 5.79. The van der Waals surface area contributed by atoms with Crippen molar-refractivity contribution < 1.29 is 4.79 Å². The quantitative estimate of drug-likeness (QED) is 0.666. The van der Waals surface area contributed by atoms with Crippen molar-refractivity contribution in [2.75, 3.05) is 7.05 Å². The van der Waals surface area contributed by atoms with Crippen molar-refractivity contribution >= 4 is 5.91 Å². The Balaban J connectivity index is 4.36. The maximum atomic E-state index is 11.5. The van der Waals surface area contributed by atoms with Crippen molar-refractivity contribution in [3.05, 3.63) is 12.7 Å². The summed E-state index contributed by atoms with van der Waals surface area (Å²) in [6, 6.07) is 0. The molecule has 13 heavy (non-hydrogen) atoms. The zero-order valence-electron chi connectivity index (χ0n) is 9.18. The molecule has 76 valence electrons. The molecule has 0 saturated carbocycles. The molecule has 0 fully saturated rings. The van der Waals surface area contributed by atoms with Crippen LogP contribution >= 0.6 is 0 Å². The Morgan fingerprint density at radius 2 is 2.08 bits per heavy atom. The Kier molecular flexibility index (Phi) is 4.74. The highest BCUT2D eigenvalue weighted by atomic mass is 16.1. The zero-order valence-corrected chi connectivity index (χ0v) is 9.18. The molecule has 0 saturated heterocycles. The summed E-state index contributed by atoms with van der Waals surface area (Å²) in [5.74, 6) is 0.213. The molecule has 1 unspecified atom stereocenters. The van der Waals surface area contributed by atoms with Crippen LogP contribution in [0.25, 0.3) is 0 Å². The van der Waals surface area contributed by atoms with Gasteiger partial charge in [-0.05, 0) is 18.3 Å². The van der Waals surface area contributed by atoms with Crippen LogP contribution in [-0.2, 0) is 4.79 Å². The van der Waals surface area contributed by atoms with Gasteiger partial charge in [-0.3, -0.25) is 4.79 Å². The molecule has 0 heterocycles. The summed E-state index contributed by atoms with van der Waals surface area (Å²) in [5, 5.41) is 2.71. The van der Waals surface area contributed by atoms with Gasteiger partial charge in [-0.25, -0.2) is 0 Å². The Morgan fingerprint density at radius 1 is 1.54 bits per heavy atom. The lowest BCUT2D eigenvalue weighted by atomic mass is 9.77. The smallest absolute Gasteiger partial charge is 0.223 e. The normalized spacial score (nSPS) is 13.5. The summed E-state index contributed by atoms with van der Waals surface area (Å²) in [4.78, 5) is 11.5. The summed E-state index contributed by atoms with van der Waals surface area (Å²) in [7, 11) is 1.69. The van der Waals surface area contributed by atoms with E-state index < -0.39 is 0 Å². The van der Waals surface area contributed by atoms with Gasteiger partial charge in [0.15, 0.2) is 0 Å². The Bertz CT molecular complexity index is 179. The van der Waals surface area contributed by atoms with E-state index in [1.165, 1.54) is 0 Å². The molecular weight excluding hydrogens is 162 g/mol. The first-order chi connectivity index (χ1) is 5.93. The molecule has 0 aliphatic carbocycles. The Morgan fingerprint density at radius 3 is 2.38 bits per heavy atom. The third-order valence-electron chi connectivity index (χ3n) is 2.27. The van der Waals surface area contributed by atoms with Gasteiger partial charge in [-0.2, -0.15) is 0 Å². The van der Waals surface area contributed by atoms with Gasteiger partial charge < -0.3 is 5.32 Å². The first kappa shape index (κ1) is 12.2. The molecule has 0 spiro atoms. The second-order valence-electron chi connectivity index (χ2n) is 4.40. The van der Waals surface area contributed by atoms with Gasteiger partial charge in [-0.1, -0.05) is 26.8 Å². The van der Waals surface area contributed by atoms with Crippen LogP contribution in [0.2, 0.25) is 0 Å². The van der Waals surface area contributed by atoms with Crippen molar-refractivity contribution in [3.63, 3.8) is 0 Å². The van der Waals surface area contributed by atoms with E-state index in [2.05, 4.69) is 32.7 Å². The van der Waals surface area contributed by atoms with E-state index in [1.807, 2.05) is 6.08 Å². The van der Waals surface area contributed by atoms with Crippen LogP contribution < -0.4 is 5.32 Å². The predicted molar refractivity (Wildman–Crippen MR) is 56.4 cm³/mol. The first-order valence-electron chi connectivity index (χ1n) is 4.76. The van der Waals surface area contributed by atoms with E-state index in [1.54, 1.807) is 7.05 Å². The van der Waals surface area contributed by atoms with Crippen molar-refractivity contribution in [1.82, 2.24) is 5.32 Å². The van der Waals surface area contributed by atoms with E-state index in [0.717, 1.165) is 12.8 Å². The van der Waals surface area contributed by atoms with E-state index in [4.69, 9.17) is 0 Å². The van der Waals surface area contributed by atoms with Crippen LogP contribution in [0.4, 0.5) is 0 Å². The fourth-order valence-corrected chi connectivity index (χ4v) is 1.42. The van der Waals surface area contributed by atoms with E-state index in [-0.39, 0.29) is 17.2 Å². The molecule has 0 rings (SSSR count). The van der Waals surface area contributed by atoms with Gasteiger partial charge in [0, 0.05) is 13.0 Å². The summed E-state index contributed by atoms with van der Waals surface area (Å²) in [5.41, 5.74) is 0.0309. The highest BCUT2D eigenvalue weighted by Gasteiger charge is 2.29. The minimum atomic E-state index is 0.0309. The number of amides is 1. The van der Waals surface area contributed by atoms with Crippen LogP contribution in [0.15, 0.2) is 12.7 Å². The maximum Gasteiger partial charge on any atom is 0.223 e. The molecule has 1 N–H and O–H groups in total. The average Bonchev–Trinajstić information content (AvgIpc) is 2.02. The molecule has 2 nitrogen and oxygen atoms in total. The highest BCUT2D eigenvalue weighted by Crippen LogP contribution is 2.29. The summed E-state index contributed by atoms with van der Waals surface area (Å²) < 4.78 is 0. The fourth-order valence-electron chi connectivity index (χ4n) is 1.42. The van der Waals surface area contributed by atoms with E-state index >= 15 is 0 Å². The summed E-state index contributed by atoms with van der Waals surface area (Å²) in [6.07, 6.45) is 3.64. The number of nitrogens with one attached hydrogen (secondary N) is 1. The second-order valence-corrected chi connectivity index (χ2v) is 4.40. The Hall–Kier alpha value is -0.790. The standard InChI is InChI=1S/C11H21NO/c1-6-7-8-9(10(13)12-5)11(2,3)4/h6,9H,1,7-8H2,2-5H3,(H,12,13). The lowest BCUT2D eigenvalue weighted by Crippen LogP contribution is -2.35. The second kappa shape index (κ2) is 5.05. The molecule has 0 aromatic heterocycles. The fraction of sp³-hybridized carbons (Fsp3) is 0.727. The van der Waals surface area contributed by atoms with Crippen molar-refractivity contribution in [3.8, 4) is 0 Å². The van der Waals surface area contributed by atoms with Crippen LogP contribution in [0.3, 0.4) is 0 Å². The molecule has 1 amide bonds. The van der Waals surface area contributed by atoms with Gasteiger partial charge >= 0.3 is 0 Å². The van der Waals surface area contributed by atoms with Crippen molar-refractivity contribution in [2.45, 2.75) is 33.6 Å². The molecule has 0 aromatic carbocycles. The first-order valence-corrected chi connectivity index (χ1v) is 4.76. The molecule has 0 aliphatic heterocycles. The van der Waals surface area contributed by atoms with Gasteiger partial charge in [0.25, 0.3) is 0 Å². The molecule has 0 aliphatic rings. The number of rotatable bonds is 4. The van der Waals surface area contributed by atoms with Crippen LogP contribution in [0.1, 0.15) is 33.6 Å². The molecule has 0 radical (unpaired) electrons. The average molecular weight is 183 g/mol. The molecular formula is C11H21NO. The van der Waals surface area contributed by atoms with Gasteiger partial charge in [0.05, 0.1) is 0 Å². The van der Waals surface area contributed by atoms with Crippen molar-refractivity contribution in [2.24, 2.45) is 11.3 Å². The van der Waals surface area contributed by atoms with Crippen LogP contribution in [0.5, 0.6) is 0 Å². The molecule has 1 atom stereocenters. The van der Waals surface area contributed by atoms with E-state index in [9.17, 15) is 4.79 Å². The molecule has 2 heteroatoms.